The van der Waals surface area contributed by atoms with E-state index in [9.17, 15) is 0 Å². The fourth-order valence-corrected chi connectivity index (χ4v) is 2.05. The highest BCUT2D eigenvalue weighted by Crippen LogP contribution is 2.46. The highest BCUT2D eigenvalue weighted by atomic mass is 16.5. The molecule has 3 heteroatoms. The summed E-state index contributed by atoms with van der Waals surface area (Å²) >= 11 is 0. The maximum atomic E-state index is 5.59. The van der Waals surface area contributed by atoms with Crippen LogP contribution in [0.4, 0.5) is 0 Å². The van der Waals surface area contributed by atoms with Crippen LogP contribution in [-0.2, 0) is 6.42 Å². The Morgan fingerprint density at radius 1 is 1.19 bits per heavy atom. The van der Waals surface area contributed by atoms with Gasteiger partial charge >= 0.3 is 0 Å². The molecule has 0 spiro atoms. The van der Waals surface area contributed by atoms with Crippen molar-refractivity contribution < 1.29 is 9.47 Å². The van der Waals surface area contributed by atoms with E-state index in [1.807, 2.05) is 0 Å². The Labute approximate surface area is 96.5 Å². The first-order valence-corrected chi connectivity index (χ1v) is 5.75. The Morgan fingerprint density at radius 2 is 1.88 bits per heavy atom. The molecule has 0 unspecified atom stereocenters. The van der Waals surface area contributed by atoms with Crippen molar-refractivity contribution in [3.8, 4) is 11.5 Å². The van der Waals surface area contributed by atoms with Gasteiger partial charge in [-0.05, 0) is 49.4 Å². The predicted molar refractivity (Wildman–Crippen MR) is 64.3 cm³/mol. The van der Waals surface area contributed by atoms with Gasteiger partial charge in [-0.15, -0.1) is 0 Å². The first kappa shape index (κ1) is 11.3. The van der Waals surface area contributed by atoms with E-state index < -0.39 is 0 Å². The maximum absolute atomic E-state index is 5.59. The maximum Gasteiger partial charge on any atom is 0.122 e. The average Bonchev–Trinajstić information content (AvgIpc) is 3.13. The molecule has 0 aromatic heterocycles. The second-order valence-corrected chi connectivity index (χ2v) is 4.22. The summed E-state index contributed by atoms with van der Waals surface area (Å²) in [5, 5.41) is 0. The van der Waals surface area contributed by atoms with Gasteiger partial charge in [0.2, 0.25) is 0 Å². The van der Waals surface area contributed by atoms with E-state index in [1.54, 1.807) is 14.2 Å². The minimum Gasteiger partial charge on any atom is -0.496 e. The molecule has 0 amide bonds. The summed E-state index contributed by atoms with van der Waals surface area (Å²) in [5.74, 6) is 2.58. The normalized spacial score (nSPS) is 14.9. The Balaban J connectivity index is 2.39. The van der Waals surface area contributed by atoms with Crippen molar-refractivity contribution in [2.24, 2.45) is 5.73 Å². The molecule has 1 fully saturated rings. The van der Waals surface area contributed by atoms with E-state index >= 15 is 0 Å². The minimum atomic E-state index is 0.627. The summed E-state index contributed by atoms with van der Waals surface area (Å²) in [4.78, 5) is 0. The lowest BCUT2D eigenvalue weighted by atomic mass is 10.0. The summed E-state index contributed by atoms with van der Waals surface area (Å²) in [6.45, 7) is 0.627. The van der Waals surface area contributed by atoms with Crippen LogP contribution >= 0.6 is 0 Å². The van der Waals surface area contributed by atoms with Gasteiger partial charge in [-0.1, -0.05) is 0 Å². The molecule has 3 nitrogen and oxygen atoms in total. The lowest BCUT2D eigenvalue weighted by molar-refractivity contribution is 0.395. The van der Waals surface area contributed by atoms with Crippen LogP contribution in [0.25, 0.3) is 0 Å². The quantitative estimate of drug-likeness (QED) is 0.828. The molecule has 0 bridgehead atoms. The highest BCUT2D eigenvalue weighted by molar-refractivity contribution is 5.49. The number of hydrogen-bond donors (Lipinski definition) is 1. The molecule has 1 aliphatic rings. The molecule has 1 saturated carbocycles. The average molecular weight is 221 g/mol. The fourth-order valence-electron chi connectivity index (χ4n) is 2.05. The van der Waals surface area contributed by atoms with Crippen LogP contribution in [-0.4, -0.2) is 20.8 Å². The lowest BCUT2D eigenvalue weighted by Gasteiger charge is -2.14. The lowest BCUT2D eigenvalue weighted by Crippen LogP contribution is -2.05. The molecule has 0 aliphatic heterocycles. The van der Waals surface area contributed by atoms with Crippen LogP contribution in [0.2, 0.25) is 0 Å². The SMILES string of the molecule is COc1cc(C2CC2)c(OC)cc1CCN. The van der Waals surface area contributed by atoms with Crippen LogP contribution in [0.1, 0.15) is 29.9 Å². The summed E-state index contributed by atoms with van der Waals surface area (Å²) in [5.41, 5.74) is 8.00. The van der Waals surface area contributed by atoms with E-state index in [2.05, 4.69) is 12.1 Å². The van der Waals surface area contributed by atoms with Crippen LogP contribution in [0, 0.1) is 0 Å². The summed E-state index contributed by atoms with van der Waals surface area (Å²) in [6, 6.07) is 4.18. The molecule has 0 heterocycles. The Morgan fingerprint density at radius 3 is 2.38 bits per heavy atom. The van der Waals surface area contributed by atoms with Gasteiger partial charge in [0.1, 0.15) is 11.5 Å². The van der Waals surface area contributed by atoms with E-state index in [1.165, 1.54) is 18.4 Å². The van der Waals surface area contributed by atoms with E-state index in [4.69, 9.17) is 15.2 Å². The van der Waals surface area contributed by atoms with Crippen molar-refractivity contribution in [3.63, 3.8) is 0 Å². The zero-order valence-corrected chi connectivity index (χ0v) is 9.95. The van der Waals surface area contributed by atoms with Gasteiger partial charge in [0, 0.05) is 5.56 Å². The second-order valence-electron chi connectivity index (χ2n) is 4.22. The standard InChI is InChI=1S/C13H19NO2/c1-15-12-8-11(9-3-4-9)13(16-2)7-10(12)5-6-14/h7-9H,3-6,14H2,1-2H3. The van der Waals surface area contributed by atoms with Gasteiger partial charge in [-0.2, -0.15) is 0 Å². The van der Waals surface area contributed by atoms with Crippen LogP contribution in [0.3, 0.4) is 0 Å². The molecular weight excluding hydrogens is 202 g/mol. The van der Waals surface area contributed by atoms with Gasteiger partial charge in [-0.25, -0.2) is 0 Å². The van der Waals surface area contributed by atoms with Crippen LogP contribution < -0.4 is 15.2 Å². The van der Waals surface area contributed by atoms with E-state index in [-0.39, 0.29) is 0 Å². The molecule has 0 atom stereocenters. The number of ether oxygens (including phenoxy) is 2. The van der Waals surface area contributed by atoms with Crippen molar-refractivity contribution in [1.82, 2.24) is 0 Å². The Hall–Kier alpha value is -1.22. The molecule has 0 saturated heterocycles. The zero-order chi connectivity index (χ0) is 11.5. The predicted octanol–water partition coefficient (Wildman–Crippen LogP) is 2.08. The summed E-state index contributed by atoms with van der Waals surface area (Å²) in [7, 11) is 3.43. The smallest absolute Gasteiger partial charge is 0.122 e. The fraction of sp³-hybridized carbons (Fsp3) is 0.538. The van der Waals surface area contributed by atoms with Gasteiger partial charge < -0.3 is 15.2 Å². The molecule has 0 radical (unpaired) electrons. The number of hydrogen-bond acceptors (Lipinski definition) is 3. The first-order chi connectivity index (χ1) is 7.80. The van der Waals surface area contributed by atoms with Crippen LogP contribution in [0.15, 0.2) is 12.1 Å². The molecule has 16 heavy (non-hydrogen) atoms. The van der Waals surface area contributed by atoms with Crippen molar-refractivity contribution in [1.29, 1.82) is 0 Å². The van der Waals surface area contributed by atoms with E-state index in [0.29, 0.717) is 12.5 Å². The number of methoxy groups -OCH3 is 2. The topological polar surface area (TPSA) is 44.5 Å². The second kappa shape index (κ2) is 4.74. The van der Waals surface area contributed by atoms with Crippen molar-refractivity contribution >= 4 is 0 Å². The number of nitrogens with two attached hydrogens (primary N) is 1. The minimum absolute atomic E-state index is 0.627. The van der Waals surface area contributed by atoms with E-state index in [0.717, 1.165) is 23.5 Å². The highest BCUT2D eigenvalue weighted by Gasteiger charge is 2.28. The van der Waals surface area contributed by atoms with Gasteiger partial charge in [0.05, 0.1) is 14.2 Å². The number of benzene rings is 1. The third-order valence-electron chi connectivity index (χ3n) is 3.06. The summed E-state index contributed by atoms with van der Waals surface area (Å²) in [6.07, 6.45) is 3.34. The Bertz CT molecular complexity index is 372. The molecule has 2 rings (SSSR count). The molecule has 2 N–H and O–H groups in total. The van der Waals surface area contributed by atoms with Gasteiger partial charge in [0.15, 0.2) is 0 Å². The Kier molecular flexibility index (Phi) is 3.34. The first-order valence-electron chi connectivity index (χ1n) is 5.75. The van der Waals surface area contributed by atoms with Crippen molar-refractivity contribution in [2.75, 3.05) is 20.8 Å². The van der Waals surface area contributed by atoms with Gasteiger partial charge in [0.25, 0.3) is 0 Å². The third-order valence-corrected chi connectivity index (χ3v) is 3.06. The van der Waals surface area contributed by atoms with Crippen molar-refractivity contribution in [2.45, 2.75) is 25.2 Å². The van der Waals surface area contributed by atoms with Gasteiger partial charge in [-0.3, -0.25) is 0 Å². The molecule has 1 aromatic carbocycles. The molecular formula is C13H19NO2. The van der Waals surface area contributed by atoms with Crippen LogP contribution in [0.5, 0.6) is 11.5 Å². The zero-order valence-electron chi connectivity index (χ0n) is 9.95. The van der Waals surface area contributed by atoms with Crippen molar-refractivity contribution in [3.05, 3.63) is 23.3 Å². The largest absolute Gasteiger partial charge is 0.496 e. The monoisotopic (exact) mass is 221 g/mol. The molecule has 1 aliphatic carbocycles. The third kappa shape index (κ3) is 2.14. The number of rotatable bonds is 5. The molecule has 88 valence electrons. The summed E-state index contributed by atoms with van der Waals surface area (Å²) < 4.78 is 10.8. The molecule has 1 aromatic rings.